The van der Waals surface area contributed by atoms with Gasteiger partial charge in [0.05, 0.1) is 18.7 Å². The molecule has 0 spiro atoms. The normalized spacial score (nSPS) is 18.6. The Labute approximate surface area is 274 Å². The molecule has 47 heavy (non-hydrogen) atoms. The zero-order valence-electron chi connectivity index (χ0n) is 25.3. The first kappa shape index (κ1) is 33.7. The summed E-state index contributed by atoms with van der Waals surface area (Å²) < 4.78 is 30.0. The van der Waals surface area contributed by atoms with Crippen molar-refractivity contribution in [3.8, 4) is 17.2 Å². The van der Waals surface area contributed by atoms with Crippen molar-refractivity contribution in [1.29, 1.82) is 0 Å². The molecule has 0 saturated carbocycles. The van der Waals surface area contributed by atoms with Crippen LogP contribution in [-0.2, 0) is 19.2 Å². The first-order valence-corrected chi connectivity index (χ1v) is 15.8. The number of Topliss-reactive ketones (excluding diaryl/α,β-unsaturated/α-hetero) is 1. The summed E-state index contributed by atoms with van der Waals surface area (Å²) in [4.78, 5) is 50.3. The molecule has 2 amide bonds. The number of nitrogens with two attached hydrogens (primary N) is 1. The van der Waals surface area contributed by atoms with E-state index in [0.29, 0.717) is 28.5 Å². The minimum atomic E-state index is -1.20. The third-order valence-electron chi connectivity index (χ3n) is 7.89. The maximum absolute atomic E-state index is 13.7. The van der Waals surface area contributed by atoms with Crippen LogP contribution in [0.4, 0.5) is 10.1 Å². The lowest BCUT2D eigenvalue weighted by molar-refractivity contribution is -0.140. The molecule has 0 aromatic heterocycles. The number of aliphatic carboxylic acids is 1. The molecule has 5 atom stereocenters. The molecule has 3 aromatic rings. The van der Waals surface area contributed by atoms with Crippen molar-refractivity contribution in [2.75, 3.05) is 30.6 Å². The maximum Gasteiger partial charge on any atom is 0.320 e. The number of hydrogen-bond donors (Lipinski definition) is 4. The number of β-lactam (4-membered cyclic amide) rings is 1. The van der Waals surface area contributed by atoms with E-state index in [1.54, 1.807) is 54.3 Å². The Morgan fingerprint density at radius 3 is 2.49 bits per heavy atom. The predicted molar refractivity (Wildman–Crippen MR) is 170 cm³/mol. The van der Waals surface area contributed by atoms with Gasteiger partial charge in [-0.1, -0.05) is 25.1 Å². The van der Waals surface area contributed by atoms with E-state index < -0.39 is 47.0 Å². The number of carbonyl (C=O) groups is 4. The quantitative estimate of drug-likeness (QED) is 0.175. The van der Waals surface area contributed by atoms with Crippen LogP contribution in [0.2, 0.25) is 0 Å². The van der Waals surface area contributed by atoms with Crippen LogP contribution in [0.3, 0.4) is 0 Å². The molecule has 2 aliphatic heterocycles. The van der Waals surface area contributed by atoms with E-state index in [1.165, 1.54) is 36.0 Å². The number of nitrogens with zero attached hydrogens (tertiary/aromatic N) is 1. The number of carboxylic acid groups (broad SMARTS) is 1. The number of aliphatic hydroxyl groups excluding tert-OH is 1. The van der Waals surface area contributed by atoms with Crippen LogP contribution in [-0.4, -0.2) is 70.8 Å². The van der Waals surface area contributed by atoms with Gasteiger partial charge in [-0.3, -0.25) is 19.2 Å². The number of ether oxygens (including phenoxy) is 3. The number of carboxylic acids is 1. The number of carbonyl (C=O) groups excluding carboxylic acids is 3. The molecule has 12 nitrogen and oxygen atoms in total. The second-order valence-corrected chi connectivity index (χ2v) is 12.4. The van der Waals surface area contributed by atoms with E-state index in [-0.39, 0.29) is 43.8 Å². The van der Waals surface area contributed by atoms with E-state index >= 15 is 0 Å². The van der Waals surface area contributed by atoms with Crippen LogP contribution in [0.5, 0.6) is 17.2 Å². The Bertz CT molecular complexity index is 1620. The van der Waals surface area contributed by atoms with Crippen LogP contribution in [0.25, 0.3) is 0 Å². The van der Waals surface area contributed by atoms with Crippen molar-refractivity contribution >= 4 is 41.0 Å². The van der Waals surface area contributed by atoms with Gasteiger partial charge in [0.15, 0.2) is 23.9 Å². The number of amides is 2. The molecule has 2 aliphatic rings. The van der Waals surface area contributed by atoms with Crippen molar-refractivity contribution in [1.82, 2.24) is 5.32 Å². The number of fused-ring (bicyclic) bond motifs is 1. The fraction of sp³-hybridized carbons (Fsp3) is 0.333. The smallest absolute Gasteiger partial charge is 0.320 e. The van der Waals surface area contributed by atoms with Gasteiger partial charge in [-0.2, -0.15) is 0 Å². The van der Waals surface area contributed by atoms with E-state index in [1.807, 2.05) is 0 Å². The summed E-state index contributed by atoms with van der Waals surface area (Å²) >= 11 is 1.31. The van der Waals surface area contributed by atoms with Crippen LogP contribution in [0.15, 0.2) is 66.7 Å². The van der Waals surface area contributed by atoms with Gasteiger partial charge < -0.3 is 40.4 Å². The number of ketones is 1. The molecule has 5 rings (SSSR count). The van der Waals surface area contributed by atoms with E-state index in [4.69, 9.17) is 25.1 Å². The Morgan fingerprint density at radius 2 is 1.79 bits per heavy atom. The fourth-order valence-electron chi connectivity index (χ4n) is 5.21. The number of benzene rings is 3. The molecular formula is C33H34FN3O9S. The lowest BCUT2D eigenvalue weighted by Crippen LogP contribution is -2.57. The number of anilines is 1. The lowest BCUT2D eigenvalue weighted by Gasteiger charge is -2.47. The molecule has 3 aromatic carbocycles. The van der Waals surface area contributed by atoms with Crippen molar-refractivity contribution in [2.45, 2.75) is 36.8 Å². The number of hydrogen-bond acceptors (Lipinski definition) is 10. The minimum absolute atomic E-state index is 0.0919. The number of nitrogens with one attached hydrogen (secondary N) is 1. The van der Waals surface area contributed by atoms with Gasteiger partial charge in [-0.15, -0.1) is 11.8 Å². The molecule has 0 aliphatic carbocycles. The minimum Gasteiger partial charge on any atom is -0.484 e. The van der Waals surface area contributed by atoms with Gasteiger partial charge in [-0.25, -0.2) is 4.39 Å². The molecule has 1 saturated heterocycles. The zero-order chi connectivity index (χ0) is 33.7. The molecule has 14 heteroatoms. The van der Waals surface area contributed by atoms with Gasteiger partial charge in [0.2, 0.25) is 12.7 Å². The number of halogens is 1. The second-order valence-electron chi connectivity index (χ2n) is 11.2. The van der Waals surface area contributed by atoms with Gasteiger partial charge in [0, 0.05) is 17.9 Å². The summed E-state index contributed by atoms with van der Waals surface area (Å²) in [6, 6.07) is 16.0. The third-order valence-corrected chi connectivity index (χ3v) is 9.21. The number of thioether (sulfide) groups is 1. The van der Waals surface area contributed by atoms with Crippen LogP contribution in [0.1, 0.15) is 36.6 Å². The highest BCUT2D eigenvalue weighted by Gasteiger charge is 2.49. The van der Waals surface area contributed by atoms with E-state index in [2.05, 4.69) is 5.32 Å². The average molecular weight is 668 g/mol. The van der Waals surface area contributed by atoms with Gasteiger partial charge in [0.1, 0.15) is 22.9 Å². The molecular weight excluding hydrogens is 633 g/mol. The molecule has 2 unspecified atom stereocenters. The average Bonchev–Trinajstić information content (AvgIpc) is 3.54. The van der Waals surface area contributed by atoms with Crippen LogP contribution < -0.4 is 30.2 Å². The predicted octanol–water partition coefficient (Wildman–Crippen LogP) is 2.98. The van der Waals surface area contributed by atoms with Gasteiger partial charge in [0.25, 0.3) is 5.91 Å². The summed E-state index contributed by atoms with van der Waals surface area (Å²) in [5.41, 5.74) is 7.45. The highest BCUT2D eigenvalue weighted by atomic mass is 32.2. The highest BCUT2D eigenvalue weighted by molar-refractivity contribution is 8.00. The first-order valence-electron chi connectivity index (χ1n) is 14.8. The standard InChI is InChI=1S/C33H34FN3O9S/c1-18(29(35)33(42)43)12-23(38)14-36-28(40)15-44-24-9-2-19(3-10-24)30-31(32(41)37(30)22-7-5-21(34)6-8-22)47-16-25(39)20-4-11-26-27(13-20)46-17-45-26/h2-11,13,18,25,29-31,39H,12,14-17,35H2,1H3,(H,36,40)(H,42,43)/t18?,25?,29-,30-,31-/m1/s1. The van der Waals surface area contributed by atoms with Crippen LogP contribution in [0, 0.1) is 11.7 Å². The van der Waals surface area contributed by atoms with E-state index in [9.17, 15) is 28.7 Å². The lowest BCUT2D eigenvalue weighted by atomic mass is 9.92. The van der Waals surface area contributed by atoms with Gasteiger partial charge >= 0.3 is 5.97 Å². The Kier molecular flexibility index (Phi) is 10.6. The van der Waals surface area contributed by atoms with Gasteiger partial charge in [-0.05, 0) is 65.6 Å². The van der Waals surface area contributed by atoms with E-state index in [0.717, 1.165) is 5.56 Å². The Morgan fingerprint density at radius 1 is 1.09 bits per heavy atom. The largest absolute Gasteiger partial charge is 0.484 e. The molecule has 0 radical (unpaired) electrons. The SMILES string of the molecule is CC(CC(=O)CNC(=O)COc1ccc([C@@H]2[C@@H](SCC(O)c3ccc4c(c3)OCO4)C(=O)N2c2ccc(F)cc2)cc1)[C@@H](N)C(=O)O. The summed E-state index contributed by atoms with van der Waals surface area (Å²) in [6.07, 6.45) is -0.962. The third kappa shape index (κ3) is 8.02. The fourth-order valence-corrected chi connectivity index (χ4v) is 6.51. The Balaban J connectivity index is 1.19. The van der Waals surface area contributed by atoms with Crippen LogP contribution >= 0.6 is 11.8 Å². The zero-order valence-corrected chi connectivity index (χ0v) is 26.2. The number of aliphatic hydroxyl groups is 1. The highest BCUT2D eigenvalue weighted by Crippen LogP contribution is 2.46. The summed E-state index contributed by atoms with van der Waals surface area (Å²) in [5, 5.41) is 21.8. The molecule has 5 N–H and O–H groups in total. The summed E-state index contributed by atoms with van der Waals surface area (Å²) in [5.74, 6) is -1.55. The molecule has 0 bridgehead atoms. The van der Waals surface area contributed by atoms with Crippen molar-refractivity contribution < 1.29 is 48.0 Å². The Hall–Kier alpha value is -4.66. The summed E-state index contributed by atoms with van der Waals surface area (Å²) in [6.45, 7) is 1.02. The van der Waals surface area contributed by atoms with Crippen molar-refractivity contribution in [2.24, 2.45) is 11.7 Å². The molecule has 2 heterocycles. The second kappa shape index (κ2) is 14.8. The van der Waals surface area contributed by atoms with Crippen molar-refractivity contribution in [3.05, 3.63) is 83.7 Å². The molecule has 248 valence electrons. The summed E-state index contributed by atoms with van der Waals surface area (Å²) in [7, 11) is 0. The maximum atomic E-state index is 13.7. The molecule has 1 fully saturated rings. The van der Waals surface area contributed by atoms with Crippen molar-refractivity contribution in [3.63, 3.8) is 0 Å². The number of rotatable bonds is 15. The first-order chi connectivity index (χ1) is 22.5. The topological polar surface area (TPSA) is 178 Å². The monoisotopic (exact) mass is 667 g/mol.